The first-order chi connectivity index (χ1) is 9.69. The maximum absolute atomic E-state index is 12.8. The molecule has 0 amide bonds. The van der Waals surface area contributed by atoms with E-state index in [0.29, 0.717) is 19.6 Å². The van der Waals surface area contributed by atoms with Crippen LogP contribution in [-0.4, -0.2) is 51.2 Å². The highest BCUT2D eigenvalue weighted by atomic mass is 31.2. The van der Waals surface area contributed by atoms with Gasteiger partial charge in [-0.05, 0) is 12.0 Å². The molecule has 0 N–H and O–H groups in total. The number of benzene rings is 1. The van der Waals surface area contributed by atoms with Crippen LogP contribution in [0.4, 0.5) is 0 Å². The van der Waals surface area contributed by atoms with Crippen LogP contribution < -0.4 is 0 Å². The highest BCUT2D eigenvalue weighted by Gasteiger charge is 2.39. The molecule has 2 rings (SSSR count). The lowest BCUT2D eigenvalue weighted by molar-refractivity contribution is 0.0254. The highest BCUT2D eigenvalue weighted by Crippen LogP contribution is 2.53. The second kappa shape index (κ2) is 7.34. The zero-order valence-electron chi connectivity index (χ0n) is 12.0. The average Bonchev–Trinajstić information content (AvgIpc) is 2.54. The SMILES string of the molecule is COP(=O)(OC)C(Cc1ccccc1)N1CCOCC1. The molecule has 1 unspecified atom stereocenters. The first kappa shape index (κ1) is 15.7. The van der Waals surface area contributed by atoms with Crippen molar-refractivity contribution in [3.05, 3.63) is 35.9 Å². The Bertz CT molecular complexity index is 440. The summed E-state index contributed by atoms with van der Waals surface area (Å²) in [6.45, 7) is 2.79. The highest BCUT2D eigenvalue weighted by molar-refractivity contribution is 7.54. The second-order valence-electron chi connectivity index (χ2n) is 4.72. The molecular formula is C14H22NO4P. The van der Waals surface area contributed by atoms with Gasteiger partial charge in [-0.1, -0.05) is 30.3 Å². The maximum atomic E-state index is 12.8. The van der Waals surface area contributed by atoms with Crippen LogP contribution in [0, 0.1) is 0 Å². The summed E-state index contributed by atoms with van der Waals surface area (Å²) >= 11 is 0. The zero-order chi connectivity index (χ0) is 14.4. The predicted molar refractivity (Wildman–Crippen MR) is 78.0 cm³/mol. The third kappa shape index (κ3) is 3.68. The molecule has 5 nitrogen and oxygen atoms in total. The van der Waals surface area contributed by atoms with E-state index in [2.05, 4.69) is 4.90 Å². The minimum Gasteiger partial charge on any atom is -0.379 e. The van der Waals surface area contributed by atoms with Crippen molar-refractivity contribution in [2.45, 2.75) is 12.2 Å². The summed E-state index contributed by atoms with van der Waals surface area (Å²) < 4.78 is 28.6. The number of morpholine rings is 1. The van der Waals surface area contributed by atoms with Gasteiger partial charge in [0.05, 0.1) is 13.2 Å². The van der Waals surface area contributed by atoms with Gasteiger partial charge >= 0.3 is 7.60 Å². The number of hydrogen-bond acceptors (Lipinski definition) is 5. The van der Waals surface area contributed by atoms with Crippen LogP contribution in [-0.2, 0) is 24.8 Å². The van der Waals surface area contributed by atoms with Crippen molar-refractivity contribution >= 4 is 7.60 Å². The van der Waals surface area contributed by atoms with Crippen LogP contribution in [0.1, 0.15) is 5.56 Å². The van der Waals surface area contributed by atoms with Gasteiger partial charge in [-0.2, -0.15) is 0 Å². The van der Waals surface area contributed by atoms with Crippen LogP contribution in [0.5, 0.6) is 0 Å². The molecule has 1 aromatic rings. The molecule has 1 fully saturated rings. The molecule has 0 radical (unpaired) electrons. The van der Waals surface area contributed by atoms with Gasteiger partial charge in [0.25, 0.3) is 0 Å². The Balaban J connectivity index is 2.21. The molecule has 1 atom stereocenters. The topological polar surface area (TPSA) is 48.0 Å². The third-order valence-corrected chi connectivity index (χ3v) is 5.86. The molecule has 0 bridgehead atoms. The molecular weight excluding hydrogens is 277 g/mol. The van der Waals surface area contributed by atoms with Crippen molar-refractivity contribution in [1.29, 1.82) is 0 Å². The van der Waals surface area contributed by atoms with Crippen molar-refractivity contribution in [3.8, 4) is 0 Å². The van der Waals surface area contributed by atoms with E-state index in [9.17, 15) is 4.57 Å². The lowest BCUT2D eigenvalue weighted by Gasteiger charge is -2.37. The molecule has 1 aromatic carbocycles. The summed E-state index contributed by atoms with van der Waals surface area (Å²) in [5.74, 6) is -0.274. The van der Waals surface area contributed by atoms with Crippen molar-refractivity contribution < 1.29 is 18.3 Å². The summed E-state index contributed by atoms with van der Waals surface area (Å²) in [5, 5.41) is 0. The summed E-state index contributed by atoms with van der Waals surface area (Å²) in [7, 11) is -0.261. The molecule has 1 saturated heterocycles. The van der Waals surface area contributed by atoms with Gasteiger partial charge < -0.3 is 13.8 Å². The summed E-state index contributed by atoms with van der Waals surface area (Å²) in [5.41, 5.74) is 1.12. The number of rotatable bonds is 6. The summed E-state index contributed by atoms with van der Waals surface area (Å²) in [6, 6.07) is 10.00. The van der Waals surface area contributed by atoms with Gasteiger partial charge in [0, 0.05) is 27.3 Å². The molecule has 0 spiro atoms. The number of hydrogen-bond donors (Lipinski definition) is 0. The Morgan fingerprint density at radius 3 is 2.35 bits per heavy atom. The van der Waals surface area contributed by atoms with Gasteiger partial charge in [0.1, 0.15) is 5.78 Å². The Morgan fingerprint density at radius 2 is 1.80 bits per heavy atom. The molecule has 0 aromatic heterocycles. The van der Waals surface area contributed by atoms with E-state index in [1.165, 1.54) is 14.2 Å². The standard InChI is InChI=1S/C14H22NO4P/c1-17-20(16,18-2)14(15-8-10-19-11-9-15)12-13-6-4-3-5-7-13/h3-7,14H,8-12H2,1-2H3. The van der Waals surface area contributed by atoms with Crippen LogP contribution >= 0.6 is 7.60 Å². The number of ether oxygens (including phenoxy) is 1. The summed E-state index contributed by atoms with van der Waals surface area (Å²) in [4.78, 5) is 2.14. The fourth-order valence-corrected chi connectivity index (χ4v) is 4.16. The van der Waals surface area contributed by atoms with Crippen LogP contribution in [0.2, 0.25) is 0 Å². The summed E-state index contributed by atoms with van der Waals surface area (Å²) in [6.07, 6.45) is 0.639. The molecule has 112 valence electrons. The van der Waals surface area contributed by atoms with E-state index in [4.69, 9.17) is 13.8 Å². The number of nitrogens with zero attached hydrogens (tertiary/aromatic N) is 1. The maximum Gasteiger partial charge on any atom is 0.347 e. The van der Waals surface area contributed by atoms with E-state index in [1.807, 2.05) is 30.3 Å². The van der Waals surface area contributed by atoms with Crippen molar-refractivity contribution in [2.75, 3.05) is 40.5 Å². The lowest BCUT2D eigenvalue weighted by atomic mass is 10.1. The normalized spacial score (nSPS) is 18.9. The van der Waals surface area contributed by atoms with Gasteiger partial charge in [-0.3, -0.25) is 9.46 Å². The van der Waals surface area contributed by atoms with Crippen molar-refractivity contribution in [2.24, 2.45) is 0 Å². The van der Waals surface area contributed by atoms with Gasteiger partial charge in [0.15, 0.2) is 0 Å². The monoisotopic (exact) mass is 299 g/mol. The van der Waals surface area contributed by atoms with Gasteiger partial charge in [-0.15, -0.1) is 0 Å². The molecule has 1 aliphatic heterocycles. The lowest BCUT2D eigenvalue weighted by Crippen LogP contribution is -2.44. The largest absolute Gasteiger partial charge is 0.379 e. The first-order valence-corrected chi connectivity index (χ1v) is 8.37. The van der Waals surface area contributed by atoms with Crippen molar-refractivity contribution in [1.82, 2.24) is 4.90 Å². The van der Waals surface area contributed by atoms with E-state index < -0.39 is 7.60 Å². The van der Waals surface area contributed by atoms with Crippen LogP contribution in [0.15, 0.2) is 30.3 Å². The van der Waals surface area contributed by atoms with Crippen LogP contribution in [0.3, 0.4) is 0 Å². The Kier molecular flexibility index (Phi) is 5.75. The molecule has 0 aliphatic carbocycles. The van der Waals surface area contributed by atoms with E-state index >= 15 is 0 Å². The molecule has 0 saturated carbocycles. The van der Waals surface area contributed by atoms with Crippen molar-refractivity contribution in [3.63, 3.8) is 0 Å². The minimum absolute atomic E-state index is 0.274. The molecule has 1 heterocycles. The fraction of sp³-hybridized carbons (Fsp3) is 0.571. The Labute approximate surface area is 120 Å². The molecule has 6 heteroatoms. The molecule has 20 heavy (non-hydrogen) atoms. The average molecular weight is 299 g/mol. The smallest absolute Gasteiger partial charge is 0.347 e. The fourth-order valence-electron chi connectivity index (χ4n) is 2.46. The molecule has 1 aliphatic rings. The minimum atomic E-state index is -3.15. The van der Waals surface area contributed by atoms with Gasteiger partial charge in [-0.25, -0.2) is 0 Å². The predicted octanol–water partition coefficient (Wildman–Crippen LogP) is 2.37. The second-order valence-corrected chi connectivity index (χ2v) is 7.13. The quantitative estimate of drug-likeness (QED) is 0.755. The first-order valence-electron chi connectivity index (χ1n) is 6.76. The Hall–Kier alpha value is -0.710. The van der Waals surface area contributed by atoms with E-state index in [1.54, 1.807) is 0 Å². The van der Waals surface area contributed by atoms with Crippen LogP contribution in [0.25, 0.3) is 0 Å². The third-order valence-electron chi connectivity index (χ3n) is 3.60. The van der Waals surface area contributed by atoms with E-state index in [-0.39, 0.29) is 5.78 Å². The van der Waals surface area contributed by atoms with E-state index in [0.717, 1.165) is 18.7 Å². The Morgan fingerprint density at radius 1 is 1.20 bits per heavy atom. The zero-order valence-corrected chi connectivity index (χ0v) is 12.9. The van der Waals surface area contributed by atoms with Gasteiger partial charge in [0.2, 0.25) is 0 Å².